The maximum Gasteiger partial charge on any atom is 0.339 e. The van der Waals surface area contributed by atoms with E-state index < -0.39 is 10.1 Å². The van der Waals surface area contributed by atoms with Crippen molar-refractivity contribution in [1.29, 1.82) is 0 Å². The van der Waals surface area contributed by atoms with E-state index in [9.17, 15) is 8.42 Å². The molecule has 0 N–H and O–H groups in total. The van der Waals surface area contributed by atoms with Crippen molar-refractivity contribution < 1.29 is 12.6 Å². The highest BCUT2D eigenvalue weighted by atomic mass is 35.5. The molecule has 0 aromatic heterocycles. The minimum atomic E-state index is -3.86. The molecule has 0 heterocycles. The first-order chi connectivity index (χ1) is 12.8. The van der Waals surface area contributed by atoms with E-state index >= 15 is 0 Å². The number of halogens is 1. The average Bonchev–Trinajstić information content (AvgIpc) is 2.64. The van der Waals surface area contributed by atoms with Crippen molar-refractivity contribution in [2.75, 3.05) is 0 Å². The Morgan fingerprint density at radius 3 is 2.22 bits per heavy atom. The molecule has 3 aromatic rings. The second kappa shape index (κ2) is 7.94. The molecular formula is C21H18ClNO3S. The first-order valence-electron chi connectivity index (χ1n) is 8.25. The predicted octanol–water partition coefficient (Wildman–Crippen LogP) is 5.48. The Balaban J connectivity index is 1.72. The Morgan fingerprint density at radius 1 is 0.926 bits per heavy atom. The van der Waals surface area contributed by atoms with Crippen molar-refractivity contribution in [2.24, 2.45) is 4.99 Å². The van der Waals surface area contributed by atoms with Gasteiger partial charge < -0.3 is 4.18 Å². The van der Waals surface area contributed by atoms with Gasteiger partial charge >= 0.3 is 10.1 Å². The molecule has 3 aromatic carbocycles. The summed E-state index contributed by atoms with van der Waals surface area (Å²) in [5, 5.41) is 0.662. The highest BCUT2D eigenvalue weighted by Crippen LogP contribution is 2.23. The molecule has 0 saturated heterocycles. The van der Waals surface area contributed by atoms with Gasteiger partial charge in [-0.25, -0.2) is 0 Å². The molecule has 0 fully saturated rings. The van der Waals surface area contributed by atoms with Crippen LogP contribution in [-0.4, -0.2) is 14.6 Å². The Hall–Kier alpha value is -2.63. The Morgan fingerprint density at radius 2 is 1.59 bits per heavy atom. The summed E-state index contributed by atoms with van der Waals surface area (Å²) < 4.78 is 29.8. The van der Waals surface area contributed by atoms with E-state index in [4.69, 9.17) is 15.8 Å². The van der Waals surface area contributed by atoms with Crippen LogP contribution in [0.1, 0.15) is 16.7 Å². The highest BCUT2D eigenvalue weighted by molar-refractivity contribution is 7.87. The second-order valence-electron chi connectivity index (χ2n) is 6.11. The molecule has 0 unspecified atom stereocenters. The van der Waals surface area contributed by atoms with Gasteiger partial charge in [-0.05, 0) is 73.5 Å². The smallest absolute Gasteiger partial charge is 0.339 e. The molecule has 3 rings (SSSR count). The van der Waals surface area contributed by atoms with Gasteiger partial charge in [0.05, 0.1) is 5.69 Å². The van der Waals surface area contributed by atoms with Gasteiger partial charge in [0, 0.05) is 11.2 Å². The van der Waals surface area contributed by atoms with Crippen molar-refractivity contribution >= 4 is 33.6 Å². The Labute approximate surface area is 164 Å². The van der Waals surface area contributed by atoms with Crippen LogP contribution in [0, 0.1) is 13.8 Å². The Kier molecular flexibility index (Phi) is 5.63. The van der Waals surface area contributed by atoms with Crippen LogP contribution in [0.15, 0.2) is 76.6 Å². The number of nitrogens with zero attached hydrogens (tertiary/aromatic N) is 1. The van der Waals surface area contributed by atoms with E-state index in [1.807, 2.05) is 26.0 Å². The largest absolute Gasteiger partial charge is 0.379 e. The van der Waals surface area contributed by atoms with Crippen molar-refractivity contribution in [3.05, 3.63) is 88.4 Å². The number of hydrogen-bond acceptors (Lipinski definition) is 4. The number of benzene rings is 3. The third-order valence-electron chi connectivity index (χ3n) is 3.91. The van der Waals surface area contributed by atoms with Crippen LogP contribution in [0.4, 0.5) is 5.69 Å². The molecule has 138 valence electrons. The molecule has 27 heavy (non-hydrogen) atoms. The van der Waals surface area contributed by atoms with Crippen LogP contribution in [0.5, 0.6) is 5.75 Å². The van der Waals surface area contributed by atoms with E-state index in [0.29, 0.717) is 5.02 Å². The fraction of sp³-hybridized carbons (Fsp3) is 0.0952. The summed E-state index contributed by atoms with van der Waals surface area (Å²) in [4.78, 5) is 4.49. The first kappa shape index (κ1) is 19.1. The van der Waals surface area contributed by atoms with Gasteiger partial charge in [-0.15, -0.1) is 0 Å². The van der Waals surface area contributed by atoms with E-state index in [0.717, 1.165) is 22.4 Å². The van der Waals surface area contributed by atoms with E-state index in [-0.39, 0.29) is 10.6 Å². The lowest BCUT2D eigenvalue weighted by Crippen LogP contribution is -2.09. The van der Waals surface area contributed by atoms with Crippen LogP contribution in [0.2, 0.25) is 5.02 Å². The van der Waals surface area contributed by atoms with Gasteiger partial charge in [0.25, 0.3) is 0 Å². The van der Waals surface area contributed by atoms with Crippen molar-refractivity contribution in [2.45, 2.75) is 18.7 Å². The molecule has 0 bridgehead atoms. The quantitative estimate of drug-likeness (QED) is 0.422. The number of hydrogen-bond donors (Lipinski definition) is 0. The summed E-state index contributed by atoms with van der Waals surface area (Å²) in [5.74, 6) is 0.242. The van der Waals surface area contributed by atoms with Crippen molar-refractivity contribution in [3.63, 3.8) is 0 Å². The molecular weight excluding hydrogens is 382 g/mol. The van der Waals surface area contributed by atoms with Crippen LogP contribution in [-0.2, 0) is 10.1 Å². The zero-order chi connectivity index (χ0) is 19.4. The zero-order valence-electron chi connectivity index (χ0n) is 14.9. The molecule has 0 radical (unpaired) electrons. The molecule has 0 aliphatic rings. The fourth-order valence-corrected chi connectivity index (χ4v) is 3.41. The maximum absolute atomic E-state index is 12.3. The summed E-state index contributed by atoms with van der Waals surface area (Å²) in [6.07, 6.45) is 1.68. The normalized spacial score (nSPS) is 11.7. The lowest BCUT2D eigenvalue weighted by molar-refractivity contribution is 0.486. The molecule has 0 saturated carbocycles. The standard InChI is InChI=1S/C21H18ClNO3S/c1-15-3-11-20(12-4-15)27(24,25)26-19-9-6-17(7-10-19)14-23-18-8-5-16(2)21(22)13-18/h3-14H,1-2H3. The van der Waals surface area contributed by atoms with Gasteiger partial charge in [0.1, 0.15) is 10.6 Å². The summed E-state index contributed by atoms with van der Waals surface area (Å²) in [7, 11) is -3.86. The summed E-state index contributed by atoms with van der Waals surface area (Å²) >= 11 is 6.09. The SMILES string of the molecule is Cc1ccc(S(=O)(=O)Oc2ccc(C=Nc3ccc(C)c(Cl)c3)cc2)cc1. The fourth-order valence-electron chi connectivity index (χ4n) is 2.30. The second-order valence-corrected chi connectivity index (χ2v) is 8.06. The summed E-state index contributed by atoms with van der Waals surface area (Å²) in [5.41, 5.74) is 3.53. The third-order valence-corrected chi connectivity index (χ3v) is 5.58. The molecule has 4 nitrogen and oxygen atoms in total. The highest BCUT2D eigenvalue weighted by Gasteiger charge is 2.16. The molecule has 6 heteroatoms. The first-order valence-corrected chi connectivity index (χ1v) is 10.0. The Bertz CT molecular complexity index is 1070. The van der Waals surface area contributed by atoms with Crippen LogP contribution in [0.25, 0.3) is 0 Å². The van der Waals surface area contributed by atoms with E-state index in [2.05, 4.69) is 4.99 Å². The molecule has 0 amide bonds. The number of aliphatic imine (C=N–C) groups is 1. The average molecular weight is 400 g/mol. The van der Waals surface area contributed by atoms with E-state index in [1.165, 1.54) is 12.1 Å². The number of rotatable bonds is 5. The van der Waals surface area contributed by atoms with Crippen LogP contribution >= 0.6 is 11.6 Å². The van der Waals surface area contributed by atoms with Gasteiger partial charge in [0.15, 0.2) is 0 Å². The monoisotopic (exact) mass is 399 g/mol. The summed E-state index contributed by atoms with van der Waals surface area (Å²) in [6.45, 7) is 3.82. The van der Waals surface area contributed by atoms with Gasteiger partial charge in [-0.3, -0.25) is 4.99 Å². The van der Waals surface area contributed by atoms with Crippen molar-refractivity contribution in [3.8, 4) is 5.75 Å². The summed E-state index contributed by atoms with van der Waals surface area (Å²) in [6, 6.07) is 18.7. The molecule has 0 atom stereocenters. The van der Waals surface area contributed by atoms with Gasteiger partial charge in [-0.1, -0.05) is 35.4 Å². The lowest BCUT2D eigenvalue weighted by atomic mass is 10.2. The van der Waals surface area contributed by atoms with Crippen molar-refractivity contribution in [1.82, 2.24) is 0 Å². The topological polar surface area (TPSA) is 55.7 Å². The maximum atomic E-state index is 12.3. The van der Waals surface area contributed by atoms with E-state index in [1.54, 1.807) is 48.7 Å². The minimum Gasteiger partial charge on any atom is -0.379 e. The molecule has 0 aliphatic heterocycles. The van der Waals surface area contributed by atoms with Gasteiger partial charge in [0.2, 0.25) is 0 Å². The lowest BCUT2D eigenvalue weighted by Gasteiger charge is -2.07. The zero-order valence-corrected chi connectivity index (χ0v) is 16.5. The molecule has 0 aliphatic carbocycles. The minimum absolute atomic E-state index is 0.120. The molecule has 0 spiro atoms. The van der Waals surface area contributed by atoms with Crippen LogP contribution < -0.4 is 4.18 Å². The van der Waals surface area contributed by atoms with Gasteiger partial charge in [-0.2, -0.15) is 8.42 Å². The number of aryl methyl sites for hydroxylation is 2. The third kappa shape index (κ3) is 4.96. The predicted molar refractivity (Wildman–Crippen MR) is 109 cm³/mol. The van der Waals surface area contributed by atoms with Crippen LogP contribution in [0.3, 0.4) is 0 Å².